The quantitative estimate of drug-likeness (QED) is 0.564. The topological polar surface area (TPSA) is 46.6 Å². The molecule has 0 N–H and O–H groups in total. The van der Waals surface area contributed by atoms with Gasteiger partial charge >= 0.3 is 0 Å². The van der Waals surface area contributed by atoms with Crippen LogP contribution in [0.5, 0.6) is 5.75 Å². The van der Waals surface area contributed by atoms with Crippen LogP contribution in [-0.2, 0) is 10.0 Å². The van der Waals surface area contributed by atoms with E-state index in [1.807, 2.05) is 6.07 Å². The van der Waals surface area contributed by atoms with Crippen molar-refractivity contribution in [2.45, 2.75) is 18.2 Å². The highest BCUT2D eigenvalue weighted by atomic mass is 127. The van der Waals surface area contributed by atoms with Gasteiger partial charge in [0.2, 0.25) is 0 Å². The molecule has 4 nitrogen and oxygen atoms in total. The lowest BCUT2D eigenvalue weighted by atomic mass is 9.86. The zero-order valence-corrected chi connectivity index (χ0v) is 18.2. The third-order valence-corrected chi connectivity index (χ3v) is 8.56. The molecule has 2 aliphatic rings. The molecule has 1 aliphatic heterocycles. The molecule has 1 aliphatic carbocycles. The van der Waals surface area contributed by atoms with Gasteiger partial charge in [0.05, 0.1) is 32.0 Å². The van der Waals surface area contributed by atoms with E-state index < -0.39 is 10.0 Å². The van der Waals surface area contributed by atoms with Crippen molar-refractivity contribution in [2.75, 3.05) is 18.0 Å². The molecule has 1 aromatic carbocycles. The summed E-state index contributed by atoms with van der Waals surface area (Å²) in [6.07, 6.45) is 5.29. The molecular formula is C19H18INO3S2. The molecule has 0 saturated carbocycles. The average Bonchev–Trinajstić information content (AvgIpc) is 3.03. The molecule has 0 radical (unpaired) electrons. The van der Waals surface area contributed by atoms with E-state index in [4.69, 9.17) is 4.74 Å². The number of anilines is 1. The highest BCUT2D eigenvalue weighted by molar-refractivity contribution is 14.1. The molecule has 0 saturated heterocycles. The number of nitrogens with zero attached hydrogens (tertiary/aromatic N) is 1. The van der Waals surface area contributed by atoms with Gasteiger partial charge in [-0.25, -0.2) is 8.42 Å². The van der Waals surface area contributed by atoms with Gasteiger partial charge in [-0.3, -0.25) is 4.31 Å². The molecule has 1 atom stereocenters. The van der Waals surface area contributed by atoms with E-state index in [1.54, 1.807) is 47.0 Å². The number of hydrogen-bond donors (Lipinski definition) is 0. The molecule has 1 unspecified atom stereocenters. The van der Waals surface area contributed by atoms with Crippen LogP contribution in [0.15, 0.2) is 53.0 Å². The normalized spacial score (nSPS) is 19.3. The van der Waals surface area contributed by atoms with Crippen molar-refractivity contribution < 1.29 is 13.2 Å². The smallest absolute Gasteiger partial charge is 0.264 e. The number of hydrogen-bond acceptors (Lipinski definition) is 4. The monoisotopic (exact) mass is 499 g/mol. The van der Waals surface area contributed by atoms with E-state index in [9.17, 15) is 8.42 Å². The first-order valence-corrected chi connectivity index (χ1v) is 11.6. The number of ether oxygens (including phenoxy) is 1. The summed E-state index contributed by atoms with van der Waals surface area (Å²) in [6, 6.07) is 8.56. The molecule has 0 fully saturated rings. The van der Waals surface area contributed by atoms with Gasteiger partial charge in [-0.05, 0) is 76.4 Å². The van der Waals surface area contributed by atoms with E-state index in [0.717, 1.165) is 19.9 Å². The second-order valence-corrected chi connectivity index (χ2v) is 11.2. The maximum Gasteiger partial charge on any atom is 0.264 e. The van der Waals surface area contributed by atoms with Gasteiger partial charge in [0.1, 0.15) is 5.75 Å². The number of sulfonamides is 1. The fraction of sp³-hybridized carbons (Fsp3) is 0.263. The Morgan fingerprint density at radius 1 is 1.27 bits per heavy atom. The van der Waals surface area contributed by atoms with Crippen LogP contribution in [0.25, 0.3) is 5.57 Å². The van der Waals surface area contributed by atoms with Crippen molar-refractivity contribution in [1.82, 2.24) is 0 Å². The van der Waals surface area contributed by atoms with Crippen LogP contribution in [0.2, 0.25) is 0 Å². The Labute approximate surface area is 171 Å². The average molecular weight is 499 g/mol. The van der Waals surface area contributed by atoms with E-state index in [1.165, 1.54) is 11.1 Å². The Bertz CT molecular complexity index is 1020. The lowest BCUT2D eigenvalue weighted by Gasteiger charge is -2.34. The van der Waals surface area contributed by atoms with Crippen molar-refractivity contribution in [2.24, 2.45) is 5.92 Å². The molecule has 1 aromatic heterocycles. The van der Waals surface area contributed by atoms with Crippen LogP contribution in [-0.4, -0.2) is 22.1 Å². The number of allylic oxidation sites excluding steroid dienone is 3. The van der Waals surface area contributed by atoms with Crippen LogP contribution in [0, 0.1) is 8.80 Å². The standard InChI is InChI=1S/C19H18INO3S2/c1-12-4-3-5-15-16(12)11-21(17-10-18(20)25-19(15)17)26(22,23)14-8-6-13(24-2)7-9-14/h3,5-10,12H,4,11H2,1-2H3. The largest absolute Gasteiger partial charge is 0.497 e. The van der Waals surface area contributed by atoms with E-state index >= 15 is 0 Å². The van der Waals surface area contributed by atoms with Gasteiger partial charge in [0.15, 0.2) is 0 Å². The summed E-state index contributed by atoms with van der Waals surface area (Å²) in [4.78, 5) is 1.34. The molecule has 0 spiro atoms. The summed E-state index contributed by atoms with van der Waals surface area (Å²) in [5, 5.41) is 0. The summed E-state index contributed by atoms with van der Waals surface area (Å²) in [7, 11) is -2.07. The minimum absolute atomic E-state index is 0.286. The number of benzene rings is 1. The Balaban J connectivity index is 1.84. The first-order chi connectivity index (χ1) is 12.4. The third-order valence-electron chi connectivity index (χ3n) is 4.87. The van der Waals surface area contributed by atoms with Gasteiger partial charge in [-0.15, -0.1) is 11.3 Å². The van der Waals surface area contributed by atoms with E-state index in [2.05, 4.69) is 41.7 Å². The van der Waals surface area contributed by atoms with Crippen LogP contribution >= 0.6 is 33.9 Å². The molecule has 7 heteroatoms. The Morgan fingerprint density at radius 3 is 2.69 bits per heavy atom. The van der Waals surface area contributed by atoms with E-state index in [-0.39, 0.29) is 4.90 Å². The van der Waals surface area contributed by atoms with Crippen molar-refractivity contribution in [3.8, 4) is 5.75 Å². The summed E-state index contributed by atoms with van der Waals surface area (Å²) in [5.41, 5.74) is 3.19. The summed E-state index contributed by atoms with van der Waals surface area (Å²) >= 11 is 3.92. The number of methoxy groups -OCH3 is 1. The predicted molar refractivity (Wildman–Crippen MR) is 114 cm³/mol. The minimum Gasteiger partial charge on any atom is -0.497 e. The Hall–Kier alpha value is -1.32. The lowest BCUT2D eigenvalue weighted by molar-refractivity contribution is 0.414. The van der Waals surface area contributed by atoms with Gasteiger partial charge < -0.3 is 4.74 Å². The number of fused-ring (bicyclic) bond motifs is 2. The number of rotatable bonds is 3. The van der Waals surface area contributed by atoms with Gasteiger partial charge in [0.25, 0.3) is 10.0 Å². The van der Waals surface area contributed by atoms with Crippen molar-refractivity contribution in [3.05, 3.63) is 55.8 Å². The molecule has 26 heavy (non-hydrogen) atoms. The van der Waals surface area contributed by atoms with Crippen LogP contribution in [0.1, 0.15) is 18.2 Å². The first-order valence-electron chi connectivity index (χ1n) is 8.28. The molecule has 0 bridgehead atoms. The highest BCUT2D eigenvalue weighted by Crippen LogP contribution is 2.47. The molecule has 2 aromatic rings. The Kier molecular flexibility index (Phi) is 4.65. The molecular weight excluding hydrogens is 481 g/mol. The maximum absolute atomic E-state index is 13.4. The fourth-order valence-electron chi connectivity index (χ4n) is 3.43. The van der Waals surface area contributed by atoms with Gasteiger partial charge in [-0.2, -0.15) is 0 Å². The number of halogens is 1. The zero-order valence-electron chi connectivity index (χ0n) is 14.4. The first kappa shape index (κ1) is 18.1. The van der Waals surface area contributed by atoms with Crippen molar-refractivity contribution in [3.63, 3.8) is 0 Å². The summed E-state index contributed by atoms with van der Waals surface area (Å²) < 4.78 is 34.6. The summed E-state index contributed by atoms with van der Waals surface area (Å²) in [6.45, 7) is 2.58. The SMILES string of the molecule is COc1ccc(S(=O)(=O)N2CC3=C(C=CCC3C)c3sc(I)cc32)cc1. The molecule has 0 amide bonds. The van der Waals surface area contributed by atoms with Crippen LogP contribution in [0.4, 0.5) is 5.69 Å². The Morgan fingerprint density at radius 2 is 2.00 bits per heavy atom. The molecule has 2 heterocycles. The van der Waals surface area contributed by atoms with E-state index in [0.29, 0.717) is 18.2 Å². The second-order valence-electron chi connectivity index (χ2n) is 6.43. The van der Waals surface area contributed by atoms with Crippen molar-refractivity contribution >= 4 is 55.2 Å². The number of thiophene rings is 1. The highest BCUT2D eigenvalue weighted by Gasteiger charge is 2.36. The fourth-order valence-corrected chi connectivity index (χ4v) is 6.84. The zero-order chi connectivity index (χ0) is 18.5. The van der Waals surface area contributed by atoms with Gasteiger partial charge in [0, 0.05) is 0 Å². The van der Waals surface area contributed by atoms with Crippen LogP contribution in [0.3, 0.4) is 0 Å². The van der Waals surface area contributed by atoms with Gasteiger partial charge in [-0.1, -0.05) is 19.1 Å². The molecule has 136 valence electrons. The lowest BCUT2D eigenvalue weighted by Crippen LogP contribution is -2.37. The van der Waals surface area contributed by atoms with Crippen LogP contribution < -0.4 is 9.04 Å². The second kappa shape index (κ2) is 6.69. The summed E-state index contributed by atoms with van der Waals surface area (Å²) in [5.74, 6) is 0.987. The third kappa shape index (κ3) is 2.90. The minimum atomic E-state index is -3.64. The molecule has 4 rings (SSSR count). The van der Waals surface area contributed by atoms with Crippen molar-refractivity contribution in [1.29, 1.82) is 0 Å². The predicted octanol–water partition coefficient (Wildman–Crippen LogP) is 4.92. The maximum atomic E-state index is 13.4.